The summed E-state index contributed by atoms with van der Waals surface area (Å²) in [6.07, 6.45) is 1.62. The Morgan fingerprint density at radius 1 is 1.06 bits per heavy atom. The molecule has 0 unspecified atom stereocenters. The summed E-state index contributed by atoms with van der Waals surface area (Å²) in [5, 5.41) is 0. The van der Waals surface area contributed by atoms with Crippen molar-refractivity contribution in [1.29, 1.82) is 0 Å². The van der Waals surface area contributed by atoms with Gasteiger partial charge in [-0.1, -0.05) is 27.2 Å². The summed E-state index contributed by atoms with van der Waals surface area (Å²) in [6.45, 7) is 6.43. The molecule has 5 heteroatoms. The molecule has 90 valence electrons. The number of amides is 4. The zero-order valence-corrected chi connectivity index (χ0v) is 10.0. The third kappa shape index (κ3) is 2.40. The highest BCUT2D eigenvalue weighted by Crippen LogP contribution is 2.14. The predicted octanol–water partition coefficient (Wildman–Crippen LogP) is 1.23. The highest BCUT2D eigenvalue weighted by atomic mass is 16.2. The molecule has 1 aliphatic rings. The van der Waals surface area contributed by atoms with Crippen LogP contribution in [0.25, 0.3) is 0 Å². The molecule has 1 heterocycles. The molecule has 1 aliphatic heterocycles. The van der Waals surface area contributed by atoms with E-state index in [0.717, 1.165) is 22.6 Å². The monoisotopic (exact) mass is 226 g/mol. The van der Waals surface area contributed by atoms with Crippen LogP contribution in [0, 0.1) is 5.92 Å². The van der Waals surface area contributed by atoms with Crippen LogP contribution in [0.2, 0.25) is 0 Å². The number of hydrogen-bond donors (Lipinski definition) is 0. The maximum atomic E-state index is 11.8. The SMILES string of the molecule is CCCCN1C(=O)C(=O)N(CC(C)C)C1=O. The van der Waals surface area contributed by atoms with Gasteiger partial charge >= 0.3 is 17.8 Å². The van der Waals surface area contributed by atoms with E-state index in [2.05, 4.69) is 0 Å². The Bertz CT molecular complexity index is 312. The Morgan fingerprint density at radius 2 is 1.62 bits per heavy atom. The Balaban J connectivity index is 2.74. The van der Waals surface area contributed by atoms with Gasteiger partial charge in [0.15, 0.2) is 0 Å². The van der Waals surface area contributed by atoms with Crippen LogP contribution in [0.5, 0.6) is 0 Å². The zero-order chi connectivity index (χ0) is 12.3. The predicted molar refractivity (Wildman–Crippen MR) is 58.6 cm³/mol. The normalized spacial score (nSPS) is 16.9. The number of hydrogen-bond acceptors (Lipinski definition) is 3. The van der Waals surface area contributed by atoms with E-state index in [1.54, 1.807) is 0 Å². The third-order valence-corrected chi connectivity index (χ3v) is 2.42. The average Bonchev–Trinajstić information content (AvgIpc) is 2.41. The Morgan fingerprint density at radius 3 is 2.12 bits per heavy atom. The first-order chi connectivity index (χ1) is 7.49. The Kier molecular flexibility index (Phi) is 4.04. The Labute approximate surface area is 95.4 Å². The highest BCUT2D eigenvalue weighted by molar-refractivity contribution is 6.44. The Hall–Kier alpha value is -1.39. The summed E-state index contributed by atoms with van der Waals surface area (Å²) in [5.41, 5.74) is 0. The molecular weight excluding hydrogens is 208 g/mol. The van der Waals surface area contributed by atoms with Gasteiger partial charge < -0.3 is 0 Å². The van der Waals surface area contributed by atoms with Crippen molar-refractivity contribution in [3.63, 3.8) is 0 Å². The van der Waals surface area contributed by atoms with Crippen LogP contribution in [0.1, 0.15) is 33.6 Å². The molecule has 0 bridgehead atoms. The van der Waals surface area contributed by atoms with Crippen LogP contribution >= 0.6 is 0 Å². The van der Waals surface area contributed by atoms with Gasteiger partial charge in [0.25, 0.3) is 0 Å². The molecule has 0 saturated carbocycles. The number of nitrogens with zero attached hydrogens (tertiary/aromatic N) is 2. The molecule has 0 atom stereocenters. The number of carbonyl (C=O) groups excluding carboxylic acids is 3. The first-order valence-electron chi connectivity index (χ1n) is 5.66. The molecule has 1 rings (SSSR count). The van der Waals surface area contributed by atoms with Gasteiger partial charge in [0.1, 0.15) is 0 Å². The van der Waals surface area contributed by atoms with Crippen LogP contribution in [0.15, 0.2) is 0 Å². The number of urea groups is 1. The van der Waals surface area contributed by atoms with Crippen LogP contribution in [-0.4, -0.2) is 40.7 Å². The quantitative estimate of drug-likeness (QED) is 0.523. The smallest absolute Gasteiger partial charge is 0.263 e. The van der Waals surface area contributed by atoms with Crippen molar-refractivity contribution < 1.29 is 14.4 Å². The fraction of sp³-hybridized carbons (Fsp3) is 0.727. The second kappa shape index (κ2) is 5.09. The van der Waals surface area contributed by atoms with Crippen molar-refractivity contribution in [2.24, 2.45) is 5.92 Å². The summed E-state index contributed by atoms with van der Waals surface area (Å²) in [4.78, 5) is 36.9. The second-order valence-corrected chi connectivity index (χ2v) is 4.40. The largest absolute Gasteiger partial charge is 0.334 e. The maximum Gasteiger partial charge on any atom is 0.334 e. The van der Waals surface area contributed by atoms with Crippen molar-refractivity contribution >= 4 is 17.8 Å². The molecule has 1 saturated heterocycles. The van der Waals surface area contributed by atoms with Crippen LogP contribution in [0.3, 0.4) is 0 Å². The summed E-state index contributed by atoms with van der Waals surface area (Å²) < 4.78 is 0. The molecule has 0 radical (unpaired) electrons. The van der Waals surface area contributed by atoms with E-state index >= 15 is 0 Å². The first-order valence-corrected chi connectivity index (χ1v) is 5.66. The molecule has 0 aromatic heterocycles. The van der Waals surface area contributed by atoms with Crippen molar-refractivity contribution in [3.05, 3.63) is 0 Å². The minimum Gasteiger partial charge on any atom is -0.263 e. The van der Waals surface area contributed by atoms with Gasteiger partial charge in [-0.2, -0.15) is 0 Å². The van der Waals surface area contributed by atoms with E-state index in [0.29, 0.717) is 13.1 Å². The van der Waals surface area contributed by atoms with Crippen LogP contribution < -0.4 is 0 Å². The maximum absolute atomic E-state index is 11.8. The number of carbonyl (C=O) groups is 3. The third-order valence-electron chi connectivity index (χ3n) is 2.42. The lowest BCUT2D eigenvalue weighted by molar-refractivity contribution is -0.143. The lowest BCUT2D eigenvalue weighted by Gasteiger charge is -2.16. The lowest BCUT2D eigenvalue weighted by atomic mass is 10.2. The molecular formula is C11H18N2O3. The zero-order valence-electron chi connectivity index (χ0n) is 10.0. The van der Waals surface area contributed by atoms with E-state index < -0.39 is 17.8 Å². The number of unbranched alkanes of at least 4 members (excludes halogenated alkanes) is 1. The standard InChI is InChI=1S/C11H18N2O3/c1-4-5-6-12-9(14)10(15)13(11(12)16)7-8(2)3/h8H,4-7H2,1-3H3. The fourth-order valence-corrected chi connectivity index (χ4v) is 1.59. The molecule has 0 aliphatic carbocycles. The molecule has 16 heavy (non-hydrogen) atoms. The number of imide groups is 2. The van der Waals surface area contributed by atoms with Crippen molar-refractivity contribution in [2.75, 3.05) is 13.1 Å². The molecule has 0 spiro atoms. The molecule has 0 aromatic rings. The summed E-state index contributed by atoms with van der Waals surface area (Å²) in [5.74, 6) is -1.19. The van der Waals surface area contributed by atoms with E-state index in [4.69, 9.17) is 0 Å². The van der Waals surface area contributed by atoms with Crippen molar-refractivity contribution in [3.8, 4) is 0 Å². The summed E-state index contributed by atoms with van der Waals surface area (Å²) in [6, 6.07) is -0.461. The van der Waals surface area contributed by atoms with E-state index in [1.807, 2.05) is 20.8 Å². The fourth-order valence-electron chi connectivity index (χ4n) is 1.59. The molecule has 4 amide bonds. The van der Waals surface area contributed by atoms with Crippen molar-refractivity contribution in [1.82, 2.24) is 9.80 Å². The van der Waals surface area contributed by atoms with Gasteiger partial charge in [-0.15, -0.1) is 0 Å². The van der Waals surface area contributed by atoms with Gasteiger partial charge in [-0.05, 0) is 12.3 Å². The average molecular weight is 226 g/mol. The molecule has 5 nitrogen and oxygen atoms in total. The van der Waals surface area contributed by atoms with E-state index in [-0.39, 0.29) is 5.92 Å². The van der Waals surface area contributed by atoms with Gasteiger partial charge in [0.05, 0.1) is 0 Å². The van der Waals surface area contributed by atoms with E-state index in [1.165, 1.54) is 0 Å². The van der Waals surface area contributed by atoms with E-state index in [9.17, 15) is 14.4 Å². The molecule has 1 fully saturated rings. The second-order valence-electron chi connectivity index (χ2n) is 4.40. The molecule has 0 N–H and O–H groups in total. The van der Waals surface area contributed by atoms with Crippen molar-refractivity contribution in [2.45, 2.75) is 33.6 Å². The topological polar surface area (TPSA) is 57.7 Å². The van der Waals surface area contributed by atoms with Crippen LogP contribution in [0.4, 0.5) is 4.79 Å². The number of rotatable bonds is 5. The van der Waals surface area contributed by atoms with Gasteiger partial charge in [-0.25, -0.2) is 4.79 Å². The minimum absolute atomic E-state index is 0.173. The highest BCUT2D eigenvalue weighted by Gasteiger charge is 2.43. The van der Waals surface area contributed by atoms with Crippen LogP contribution in [-0.2, 0) is 9.59 Å². The minimum atomic E-state index is -0.685. The lowest BCUT2D eigenvalue weighted by Crippen LogP contribution is -2.36. The van der Waals surface area contributed by atoms with Gasteiger partial charge in [-0.3, -0.25) is 19.4 Å². The first kappa shape index (κ1) is 12.7. The molecule has 0 aromatic carbocycles. The summed E-state index contributed by atoms with van der Waals surface area (Å²) >= 11 is 0. The van der Waals surface area contributed by atoms with Gasteiger partial charge in [0, 0.05) is 13.1 Å². The summed E-state index contributed by atoms with van der Waals surface area (Å²) in [7, 11) is 0. The van der Waals surface area contributed by atoms with Gasteiger partial charge in [0.2, 0.25) is 0 Å².